The lowest BCUT2D eigenvalue weighted by molar-refractivity contribution is 0.494. The van der Waals surface area contributed by atoms with E-state index in [2.05, 4.69) is 25.4 Å². The molecule has 6 heteroatoms. The van der Waals surface area contributed by atoms with Crippen molar-refractivity contribution in [1.29, 1.82) is 0 Å². The van der Waals surface area contributed by atoms with Crippen molar-refractivity contribution in [3.8, 4) is 0 Å². The van der Waals surface area contributed by atoms with E-state index in [1.165, 1.54) is 0 Å². The molecule has 0 bridgehead atoms. The van der Waals surface area contributed by atoms with Gasteiger partial charge in [-0.3, -0.25) is 4.72 Å². The Kier molecular flexibility index (Phi) is 3.98. The monoisotopic (exact) mass is 306 g/mol. The predicted molar refractivity (Wildman–Crippen MR) is 69.6 cm³/mol. The van der Waals surface area contributed by atoms with Crippen LogP contribution in [0.1, 0.15) is 20.8 Å². The highest BCUT2D eigenvalue weighted by Gasteiger charge is 2.19. The van der Waals surface area contributed by atoms with E-state index in [0.717, 1.165) is 4.47 Å². The van der Waals surface area contributed by atoms with E-state index in [9.17, 15) is 8.42 Å². The summed E-state index contributed by atoms with van der Waals surface area (Å²) in [5.74, 6) is 0. The SMILES string of the molecule is CC(C)(C)NS(=O)(=O)Nc1cccc(Br)c1. The molecule has 0 atom stereocenters. The average Bonchev–Trinajstić information content (AvgIpc) is 1.96. The Bertz CT molecular complexity index is 466. The first kappa shape index (κ1) is 13.5. The van der Waals surface area contributed by atoms with Crippen molar-refractivity contribution >= 4 is 31.8 Å². The van der Waals surface area contributed by atoms with Gasteiger partial charge in [0, 0.05) is 10.0 Å². The second-order valence-electron chi connectivity index (χ2n) is 4.47. The van der Waals surface area contributed by atoms with Crippen LogP contribution in [0.2, 0.25) is 0 Å². The van der Waals surface area contributed by atoms with Crippen molar-refractivity contribution in [2.75, 3.05) is 4.72 Å². The van der Waals surface area contributed by atoms with Crippen LogP contribution in [0.15, 0.2) is 28.7 Å². The molecular weight excluding hydrogens is 292 g/mol. The van der Waals surface area contributed by atoms with Crippen LogP contribution < -0.4 is 9.44 Å². The number of benzene rings is 1. The molecule has 0 saturated carbocycles. The van der Waals surface area contributed by atoms with Crippen molar-refractivity contribution in [3.05, 3.63) is 28.7 Å². The zero-order valence-corrected chi connectivity index (χ0v) is 11.8. The highest BCUT2D eigenvalue weighted by Crippen LogP contribution is 2.16. The fourth-order valence-corrected chi connectivity index (χ4v) is 2.83. The standard InChI is InChI=1S/C10H15BrN2O2S/c1-10(2,3)13-16(14,15)12-9-6-4-5-8(11)7-9/h4-7,12-13H,1-3H3. The summed E-state index contributed by atoms with van der Waals surface area (Å²) in [6.45, 7) is 5.35. The van der Waals surface area contributed by atoms with Crippen molar-refractivity contribution in [3.63, 3.8) is 0 Å². The van der Waals surface area contributed by atoms with Gasteiger partial charge in [-0.2, -0.15) is 13.1 Å². The van der Waals surface area contributed by atoms with E-state index in [-0.39, 0.29) is 0 Å². The van der Waals surface area contributed by atoms with Gasteiger partial charge in [-0.1, -0.05) is 22.0 Å². The molecule has 2 N–H and O–H groups in total. The van der Waals surface area contributed by atoms with Gasteiger partial charge in [-0.25, -0.2) is 0 Å². The molecule has 0 aliphatic heterocycles. The van der Waals surface area contributed by atoms with Gasteiger partial charge in [0.05, 0.1) is 5.69 Å². The highest BCUT2D eigenvalue weighted by atomic mass is 79.9. The van der Waals surface area contributed by atoms with Gasteiger partial charge in [0.2, 0.25) is 0 Å². The largest absolute Gasteiger partial charge is 0.299 e. The molecular formula is C10H15BrN2O2S. The van der Waals surface area contributed by atoms with Gasteiger partial charge in [-0.05, 0) is 39.0 Å². The molecule has 0 aromatic heterocycles. The minimum absolute atomic E-state index is 0.502. The lowest BCUT2D eigenvalue weighted by Gasteiger charge is -2.20. The second kappa shape index (κ2) is 4.73. The minimum atomic E-state index is -3.53. The quantitative estimate of drug-likeness (QED) is 0.901. The third-order valence-electron chi connectivity index (χ3n) is 1.52. The van der Waals surface area contributed by atoms with E-state index < -0.39 is 15.7 Å². The first-order valence-corrected chi connectivity index (χ1v) is 7.03. The van der Waals surface area contributed by atoms with Gasteiger partial charge < -0.3 is 0 Å². The summed E-state index contributed by atoms with van der Waals surface area (Å²) < 4.78 is 29.2. The minimum Gasteiger partial charge on any atom is -0.271 e. The molecule has 0 aliphatic rings. The summed E-state index contributed by atoms with van der Waals surface area (Å²) in [6, 6.07) is 6.97. The maximum absolute atomic E-state index is 11.7. The average molecular weight is 307 g/mol. The second-order valence-corrected chi connectivity index (χ2v) is 6.80. The summed E-state index contributed by atoms with van der Waals surface area (Å²) in [4.78, 5) is 0. The molecule has 1 rings (SSSR count). The maximum Gasteiger partial charge on any atom is 0.299 e. The molecule has 0 amide bonds. The molecule has 1 aromatic carbocycles. The van der Waals surface area contributed by atoms with Crippen LogP contribution in [0.5, 0.6) is 0 Å². The predicted octanol–water partition coefficient (Wildman–Crippen LogP) is 2.49. The fraction of sp³-hybridized carbons (Fsp3) is 0.400. The van der Waals surface area contributed by atoms with E-state index in [1.54, 1.807) is 39.0 Å². The summed E-state index contributed by atoms with van der Waals surface area (Å²) in [5.41, 5.74) is 0.0174. The molecule has 16 heavy (non-hydrogen) atoms. The number of halogens is 1. The summed E-state index contributed by atoms with van der Waals surface area (Å²) in [6.07, 6.45) is 0. The summed E-state index contributed by atoms with van der Waals surface area (Å²) in [7, 11) is -3.53. The van der Waals surface area contributed by atoms with Crippen molar-refractivity contribution in [2.24, 2.45) is 0 Å². The van der Waals surface area contributed by atoms with Crippen molar-refractivity contribution in [2.45, 2.75) is 26.3 Å². The molecule has 0 fully saturated rings. The Morgan fingerprint density at radius 1 is 1.25 bits per heavy atom. The summed E-state index contributed by atoms with van der Waals surface area (Å²) in [5, 5.41) is 0. The van der Waals surface area contributed by atoms with Crippen LogP contribution in [0.4, 0.5) is 5.69 Å². The summed E-state index contributed by atoms with van der Waals surface area (Å²) >= 11 is 3.28. The van der Waals surface area contributed by atoms with Crippen LogP contribution >= 0.6 is 15.9 Å². The third kappa shape index (κ3) is 4.96. The van der Waals surface area contributed by atoms with Gasteiger partial charge in [0.1, 0.15) is 0 Å². The molecule has 0 aliphatic carbocycles. The van der Waals surface area contributed by atoms with E-state index >= 15 is 0 Å². The first-order chi connectivity index (χ1) is 7.18. The highest BCUT2D eigenvalue weighted by molar-refractivity contribution is 9.10. The number of anilines is 1. The number of rotatable bonds is 3. The van der Waals surface area contributed by atoms with Gasteiger partial charge >= 0.3 is 0 Å². The zero-order chi connectivity index (χ0) is 12.4. The number of hydrogen-bond donors (Lipinski definition) is 2. The third-order valence-corrected chi connectivity index (χ3v) is 3.40. The van der Waals surface area contributed by atoms with Gasteiger partial charge in [-0.15, -0.1) is 0 Å². The van der Waals surface area contributed by atoms with Crippen LogP contribution in [0, 0.1) is 0 Å². The molecule has 0 radical (unpaired) electrons. The molecule has 0 saturated heterocycles. The van der Waals surface area contributed by atoms with Crippen LogP contribution in [-0.2, 0) is 10.2 Å². The molecule has 90 valence electrons. The lowest BCUT2D eigenvalue weighted by Crippen LogP contribution is -2.43. The van der Waals surface area contributed by atoms with E-state index in [0.29, 0.717) is 5.69 Å². The lowest BCUT2D eigenvalue weighted by atomic mass is 10.1. The Morgan fingerprint density at radius 3 is 2.38 bits per heavy atom. The van der Waals surface area contributed by atoms with Crippen LogP contribution in [0.3, 0.4) is 0 Å². The Morgan fingerprint density at radius 2 is 1.88 bits per heavy atom. The van der Waals surface area contributed by atoms with Crippen LogP contribution in [-0.4, -0.2) is 14.0 Å². The molecule has 0 unspecified atom stereocenters. The van der Waals surface area contributed by atoms with Crippen LogP contribution in [0.25, 0.3) is 0 Å². The zero-order valence-electron chi connectivity index (χ0n) is 9.41. The van der Waals surface area contributed by atoms with E-state index in [4.69, 9.17) is 0 Å². The molecule has 4 nitrogen and oxygen atoms in total. The smallest absolute Gasteiger partial charge is 0.271 e. The van der Waals surface area contributed by atoms with E-state index in [1.807, 2.05) is 6.07 Å². The van der Waals surface area contributed by atoms with Crippen molar-refractivity contribution < 1.29 is 8.42 Å². The normalized spacial score (nSPS) is 12.5. The first-order valence-electron chi connectivity index (χ1n) is 4.75. The number of hydrogen-bond acceptors (Lipinski definition) is 2. The van der Waals surface area contributed by atoms with Gasteiger partial charge in [0.25, 0.3) is 10.2 Å². The fourth-order valence-electron chi connectivity index (χ4n) is 1.14. The molecule has 0 heterocycles. The van der Waals surface area contributed by atoms with Gasteiger partial charge in [0.15, 0.2) is 0 Å². The number of nitrogens with one attached hydrogen (secondary N) is 2. The van der Waals surface area contributed by atoms with Crippen molar-refractivity contribution in [1.82, 2.24) is 4.72 Å². The topological polar surface area (TPSA) is 58.2 Å². The Labute approximate surface area is 105 Å². The Hall–Kier alpha value is -0.590. The maximum atomic E-state index is 11.7. The molecule has 1 aromatic rings. The molecule has 0 spiro atoms. The Balaban J connectivity index is 2.81.